The van der Waals surface area contributed by atoms with Crippen LogP contribution in [0.4, 0.5) is 18.9 Å². The molecule has 28 heavy (non-hydrogen) atoms. The van der Waals surface area contributed by atoms with Gasteiger partial charge in [0.15, 0.2) is 5.72 Å². The molecule has 0 aromatic heterocycles. The smallest absolute Gasteiger partial charge is 0.354 e. The van der Waals surface area contributed by atoms with Crippen LogP contribution in [-0.4, -0.2) is 6.18 Å². The molecule has 0 saturated heterocycles. The van der Waals surface area contributed by atoms with Gasteiger partial charge in [-0.3, -0.25) is 0 Å². The lowest BCUT2D eigenvalue weighted by Crippen LogP contribution is -2.55. The van der Waals surface area contributed by atoms with Gasteiger partial charge in [0.25, 0.3) is 5.60 Å². The van der Waals surface area contributed by atoms with Gasteiger partial charge in [-0.15, -0.1) is 0 Å². The molecule has 4 rings (SSSR count). The van der Waals surface area contributed by atoms with Gasteiger partial charge >= 0.3 is 6.18 Å². The van der Waals surface area contributed by atoms with Crippen LogP contribution in [0.3, 0.4) is 0 Å². The fourth-order valence-electron chi connectivity index (χ4n) is 3.37. The Bertz CT molecular complexity index is 972. The standard InChI is InChI=1S/C22H19ClF3NO/c1-14-3-7-16(8-4-14)20(2)27-19-10-9-17(23)13-18(19)21(28-20,22(24,25)26)12-11-15-5-6-15/h3-4,7-10,13,15,27H,5-6H2,1-2H3. The summed E-state index contributed by atoms with van der Waals surface area (Å²) in [4.78, 5) is 0. The van der Waals surface area contributed by atoms with Crippen LogP contribution in [0, 0.1) is 24.7 Å². The Morgan fingerprint density at radius 2 is 1.82 bits per heavy atom. The van der Waals surface area contributed by atoms with E-state index in [2.05, 4.69) is 17.2 Å². The third-order valence-electron chi connectivity index (χ3n) is 5.12. The van der Waals surface area contributed by atoms with Crippen molar-refractivity contribution in [3.05, 3.63) is 64.2 Å². The molecule has 2 aromatic carbocycles. The van der Waals surface area contributed by atoms with Crippen LogP contribution in [0.15, 0.2) is 42.5 Å². The zero-order chi connectivity index (χ0) is 20.2. The predicted molar refractivity (Wildman–Crippen MR) is 103 cm³/mol. The quantitative estimate of drug-likeness (QED) is 0.576. The van der Waals surface area contributed by atoms with Gasteiger partial charge < -0.3 is 10.1 Å². The summed E-state index contributed by atoms with van der Waals surface area (Å²) in [6.07, 6.45) is -3.12. The highest BCUT2D eigenvalue weighted by Crippen LogP contribution is 2.53. The van der Waals surface area contributed by atoms with Crippen LogP contribution in [0.1, 0.15) is 36.5 Å². The van der Waals surface area contributed by atoms with Crippen LogP contribution < -0.4 is 5.32 Å². The Labute approximate surface area is 167 Å². The average molecular weight is 406 g/mol. The minimum atomic E-state index is -4.75. The summed E-state index contributed by atoms with van der Waals surface area (Å²) >= 11 is 6.04. The molecule has 146 valence electrons. The van der Waals surface area contributed by atoms with E-state index in [1.807, 2.05) is 19.1 Å². The number of hydrogen-bond acceptors (Lipinski definition) is 2. The van der Waals surface area contributed by atoms with Crippen molar-refractivity contribution in [3.63, 3.8) is 0 Å². The number of fused-ring (bicyclic) bond motifs is 1. The Kier molecular flexibility index (Phi) is 4.41. The van der Waals surface area contributed by atoms with Gasteiger partial charge in [-0.1, -0.05) is 53.3 Å². The van der Waals surface area contributed by atoms with E-state index >= 15 is 0 Å². The fourth-order valence-corrected chi connectivity index (χ4v) is 3.54. The average Bonchev–Trinajstić information content (AvgIpc) is 3.44. The molecule has 1 fully saturated rings. The Balaban J connectivity index is 1.93. The van der Waals surface area contributed by atoms with E-state index in [0.29, 0.717) is 11.3 Å². The van der Waals surface area contributed by atoms with Gasteiger partial charge in [-0.05, 0) is 44.9 Å². The maximum Gasteiger partial charge on any atom is 0.433 e. The summed E-state index contributed by atoms with van der Waals surface area (Å²) in [5, 5.41) is 3.32. The molecule has 1 heterocycles. The van der Waals surface area contributed by atoms with Crippen molar-refractivity contribution < 1.29 is 17.9 Å². The summed E-state index contributed by atoms with van der Waals surface area (Å²) in [6, 6.07) is 11.6. The molecule has 0 spiro atoms. The predicted octanol–water partition coefficient (Wildman–Crippen LogP) is 6.13. The molecular formula is C22H19ClF3NO. The molecule has 2 unspecified atom stereocenters. The lowest BCUT2D eigenvalue weighted by atomic mass is 9.86. The Morgan fingerprint density at radius 1 is 1.14 bits per heavy atom. The molecule has 1 N–H and O–H groups in total. The molecule has 0 radical (unpaired) electrons. The van der Waals surface area contributed by atoms with Crippen molar-refractivity contribution in [1.29, 1.82) is 0 Å². The van der Waals surface area contributed by atoms with E-state index in [1.54, 1.807) is 31.2 Å². The normalized spacial score (nSPS) is 26.6. The second-order valence-corrected chi connectivity index (χ2v) is 7.98. The molecule has 0 amide bonds. The zero-order valence-corrected chi connectivity index (χ0v) is 16.2. The minimum absolute atomic E-state index is 0.00836. The number of nitrogens with one attached hydrogen (secondary N) is 1. The molecule has 2 nitrogen and oxygen atoms in total. The van der Waals surface area contributed by atoms with Crippen LogP contribution >= 0.6 is 11.6 Å². The minimum Gasteiger partial charge on any atom is -0.354 e. The molecule has 2 atom stereocenters. The number of aryl methyl sites for hydroxylation is 1. The number of ether oxygens (including phenoxy) is 1. The summed E-state index contributed by atoms with van der Waals surface area (Å²) < 4.78 is 49.4. The summed E-state index contributed by atoms with van der Waals surface area (Å²) in [7, 11) is 0. The number of rotatable bonds is 1. The topological polar surface area (TPSA) is 21.3 Å². The molecule has 6 heteroatoms. The summed E-state index contributed by atoms with van der Waals surface area (Å²) in [6.45, 7) is 3.51. The monoisotopic (exact) mass is 405 g/mol. The molecule has 1 aliphatic heterocycles. The van der Waals surface area contributed by atoms with Crippen LogP contribution in [0.5, 0.6) is 0 Å². The van der Waals surface area contributed by atoms with Crippen LogP contribution in [0.2, 0.25) is 5.02 Å². The van der Waals surface area contributed by atoms with Crippen molar-refractivity contribution in [1.82, 2.24) is 0 Å². The molecule has 2 aromatic rings. The van der Waals surface area contributed by atoms with E-state index in [9.17, 15) is 13.2 Å². The lowest BCUT2D eigenvalue weighted by molar-refractivity contribution is -0.292. The van der Waals surface area contributed by atoms with Crippen LogP contribution in [-0.2, 0) is 16.1 Å². The lowest BCUT2D eigenvalue weighted by Gasteiger charge is -2.47. The van der Waals surface area contributed by atoms with Gasteiger partial charge in [0, 0.05) is 27.8 Å². The van der Waals surface area contributed by atoms with E-state index in [1.165, 1.54) is 6.07 Å². The molecule has 1 saturated carbocycles. The maximum atomic E-state index is 14.5. The second kappa shape index (κ2) is 6.43. The number of alkyl halides is 3. The first-order chi connectivity index (χ1) is 13.1. The molecule has 2 aliphatic rings. The van der Waals surface area contributed by atoms with Gasteiger partial charge in [0.05, 0.1) is 0 Å². The molecule has 0 bridgehead atoms. The number of anilines is 1. The zero-order valence-electron chi connectivity index (χ0n) is 15.5. The summed E-state index contributed by atoms with van der Waals surface area (Å²) in [5.74, 6) is 5.22. The highest BCUT2D eigenvalue weighted by molar-refractivity contribution is 6.30. The van der Waals surface area contributed by atoms with E-state index < -0.39 is 17.5 Å². The number of benzene rings is 2. The van der Waals surface area contributed by atoms with Crippen molar-refractivity contribution >= 4 is 17.3 Å². The first kappa shape index (κ1) is 19.2. The highest BCUT2D eigenvalue weighted by Gasteiger charge is 2.63. The van der Waals surface area contributed by atoms with Crippen molar-refractivity contribution in [2.75, 3.05) is 5.32 Å². The largest absolute Gasteiger partial charge is 0.433 e. The van der Waals surface area contributed by atoms with Crippen molar-refractivity contribution in [2.45, 2.75) is 44.2 Å². The fraction of sp³-hybridized carbons (Fsp3) is 0.364. The number of hydrogen-bond donors (Lipinski definition) is 1. The summed E-state index contributed by atoms with van der Waals surface area (Å²) in [5.41, 5.74) is -2.39. The van der Waals surface area contributed by atoms with Crippen molar-refractivity contribution in [2.24, 2.45) is 5.92 Å². The van der Waals surface area contributed by atoms with Gasteiger partial charge in [0.1, 0.15) is 0 Å². The molecular weight excluding hydrogens is 387 g/mol. The van der Waals surface area contributed by atoms with Gasteiger partial charge in [-0.2, -0.15) is 13.2 Å². The Hall–Kier alpha value is -2.16. The third-order valence-corrected chi connectivity index (χ3v) is 5.36. The number of halogens is 4. The van der Waals surface area contributed by atoms with Crippen molar-refractivity contribution in [3.8, 4) is 11.8 Å². The second-order valence-electron chi connectivity index (χ2n) is 7.54. The maximum absolute atomic E-state index is 14.5. The van der Waals surface area contributed by atoms with Crippen LogP contribution in [0.25, 0.3) is 0 Å². The van der Waals surface area contributed by atoms with E-state index in [4.69, 9.17) is 16.3 Å². The third kappa shape index (κ3) is 3.25. The van der Waals surface area contributed by atoms with E-state index in [0.717, 1.165) is 18.4 Å². The Morgan fingerprint density at radius 3 is 2.43 bits per heavy atom. The SMILES string of the molecule is Cc1ccc(C2(C)Nc3ccc(Cl)cc3C(C#CC3CC3)(C(F)(F)F)O2)cc1. The first-order valence-corrected chi connectivity index (χ1v) is 9.46. The van der Waals surface area contributed by atoms with Gasteiger partial charge in [0.2, 0.25) is 0 Å². The van der Waals surface area contributed by atoms with E-state index in [-0.39, 0.29) is 16.5 Å². The highest BCUT2D eigenvalue weighted by atomic mass is 35.5. The molecule has 1 aliphatic carbocycles. The first-order valence-electron chi connectivity index (χ1n) is 9.08. The van der Waals surface area contributed by atoms with Gasteiger partial charge in [-0.25, -0.2) is 0 Å².